The molecule has 0 spiro atoms. The first-order valence-electron chi connectivity index (χ1n) is 9.15. The molecule has 2 aromatic carbocycles. The summed E-state index contributed by atoms with van der Waals surface area (Å²) in [5.41, 5.74) is 2.21. The summed E-state index contributed by atoms with van der Waals surface area (Å²) >= 11 is 11.8. The Morgan fingerprint density at radius 2 is 1.87 bits per heavy atom. The van der Waals surface area contributed by atoms with Crippen molar-refractivity contribution in [2.75, 3.05) is 6.54 Å². The van der Waals surface area contributed by atoms with Crippen molar-refractivity contribution < 1.29 is 18.8 Å². The number of benzene rings is 2. The van der Waals surface area contributed by atoms with Gasteiger partial charge in [-0.15, -0.1) is 0 Å². The molecule has 0 atom stereocenters. The third-order valence-corrected chi connectivity index (χ3v) is 4.78. The van der Waals surface area contributed by atoms with Crippen LogP contribution in [-0.2, 0) is 16.1 Å². The van der Waals surface area contributed by atoms with Gasteiger partial charge in [0.1, 0.15) is 6.54 Å². The highest BCUT2D eigenvalue weighted by molar-refractivity contribution is 6.36. The van der Waals surface area contributed by atoms with Crippen molar-refractivity contribution >= 4 is 35.1 Å². The average Bonchev–Trinajstić information content (AvgIpc) is 3.19. The number of carbonyl (C=O) groups is 2. The van der Waals surface area contributed by atoms with Gasteiger partial charge in [-0.05, 0) is 29.7 Å². The molecule has 0 radical (unpaired) electrons. The number of rotatable bonds is 7. The minimum Gasteiger partial charge on any atom is -0.454 e. The van der Waals surface area contributed by atoms with Crippen LogP contribution in [0.15, 0.2) is 47.0 Å². The summed E-state index contributed by atoms with van der Waals surface area (Å²) in [5, 5.41) is 6.93. The number of ether oxygens (including phenoxy) is 1. The van der Waals surface area contributed by atoms with E-state index in [2.05, 4.69) is 29.3 Å². The zero-order chi connectivity index (χ0) is 21.7. The third-order valence-electron chi connectivity index (χ3n) is 4.23. The second-order valence-electron chi connectivity index (χ2n) is 6.76. The van der Waals surface area contributed by atoms with E-state index in [4.69, 9.17) is 32.5 Å². The van der Waals surface area contributed by atoms with Gasteiger partial charge in [-0.1, -0.05) is 66.5 Å². The van der Waals surface area contributed by atoms with Crippen molar-refractivity contribution in [1.29, 1.82) is 0 Å². The first-order valence-corrected chi connectivity index (χ1v) is 9.91. The van der Waals surface area contributed by atoms with E-state index in [-0.39, 0.29) is 29.6 Å². The lowest BCUT2D eigenvalue weighted by molar-refractivity contribution is -0.144. The van der Waals surface area contributed by atoms with Crippen LogP contribution in [0.3, 0.4) is 0 Å². The quantitative estimate of drug-likeness (QED) is 0.530. The van der Waals surface area contributed by atoms with E-state index in [1.165, 1.54) is 23.8 Å². The van der Waals surface area contributed by atoms with Gasteiger partial charge in [0.2, 0.25) is 5.82 Å². The summed E-state index contributed by atoms with van der Waals surface area (Å²) in [6, 6.07) is 12.3. The fourth-order valence-electron chi connectivity index (χ4n) is 2.56. The smallest absolute Gasteiger partial charge is 0.325 e. The number of nitrogens with one attached hydrogen (secondary N) is 1. The number of halogens is 2. The number of aromatic nitrogens is 2. The molecule has 156 valence electrons. The maximum atomic E-state index is 12.1. The largest absolute Gasteiger partial charge is 0.454 e. The molecule has 1 amide bonds. The fourth-order valence-corrected chi connectivity index (χ4v) is 3.06. The summed E-state index contributed by atoms with van der Waals surface area (Å²) in [6.07, 6.45) is 0. The van der Waals surface area contributed by atoms with Crippen LogP contribution in [0.1, 0.15) is 41.6 Å². The lowest BCUT2D eigenvalue weighted by Gasteiger charge is -2.06. The number of nitrogens with zero attached hydrogens (tertiary/aromatic N) is 2. The molecule has 1 heterocycles. The lowest BCUT2D eigenvalue weighted by Crippen LogP contribution is -2.30. The fraction of sp³-hybridized carbons (Fsp3) is 0.238. The Morgan fingerprint density at radius 1 is 1.13 bits per heavy atom. The second kappa shape index (κ2) is 9.73. The van der Waals surface area contributed by atoms with Crippen LogP contribution < -0.4 is 5.32 Å². The minimum absolute atomic E-state index is 0.151. The van der Waals surface area contributed by atoms with Gasteiger partial charge in [0.25, 0.3) is 11.8 Å². The van der Waals surface area contributed by atoms with Crippen molar-refractivity contribution in [3.05, 3.63) is 69.5 Å². The number of carbonyl (C=O) groups excluding carboxylic acids is 2. The average molecular weight is 448 g/mol. The molecule has 0 bridgehead atoms. The maximum absolute atomic E-state index is 12.1. The van der Waals surface area contributed by atoms with E-state index in [0.29, 0.717) is 16.8 Å². The summed E-state index contributed by atoms with van der Waals surface area (Å²) in [5.74, 6) is -0.191. The standard InChI is InChI=1S/C21H19Cl2N3O4/c1-12(2)13-3-5-14(6-4-13)20-25-18(30-26-20)11-29-19(27)10-24-21(28)16-8-7-15(22)9-17(16)23/h3-9,12H,10-11H2,1-2H3,(H,24,28). The molecular weight excluding hydrogens is 429 g/mol. The summed E-state index contributed by atoms with van der Waals surface area (Å²) in [4.78, 5) is 28.2. The van der Waals surface area contributed by atoms with Gasteiger partial charge in [0, 0.05) is 10.6 Å². The second-order valence-corrected chi connectivity index (χ2v) is 7.60. The van der Waals surface area contributed by atoms with Crippen LogP contribution in [0.25, 0.3) is 11.4 Å². The Labute approximate surface area is 183 Å². The topological polar surface area (TPSA) is 94.3 Å². The highest BCUT2D eigenvalue weighted by Gasteiger charge is 2.14. The third kappa shape index (κ3) is 5.58. The molecule has 3 rings (SSSR count). The molecule has 0 unspecified atom stereocenters. The van der Waals surface area contributed by atoms with Crippen LogP contribution in [0.5, 0.6) is 0 Å². The first kappa shape index (κ1) is 21.8. The Kier molecular flexibility index (Phi) is 7.07. The predicted molar refractivity (Wildman–Crippen MR) is 112 cm³/mol. The molecule has 3 aromatic rings. The van der Waals surface area contributed by atoms with Crippen LogP contribution in [0.4, 0.5) is 0 Å². The van der Waals surface area contributed by atoms with E-state index in [1.54, 1.807) is 0 Å². The maximum Gasteiger partial charge on any atom is 0.325 e. The molecule has 9 heteroatoms. The van der Waals surface area contributed by atoms with E-state index in [9.17, 15) is 9.59 Å². The number of hydrogen-bond acceptors (Lipinski definition) is 6. The summed E-state index contributed by atoms with van der Waals surface area (Å²) in [7, 11) is 0. The summed E-state index contributed by atoms with van der Waals surface area (Å²) in [6.45, 7) is 3.69. The molecule has 0 aliphatic carbocycles. The van der Waals surface area contributed by atoms with Gasteiger partial charge in [0.05, 0.1) is 10.6 Å². The van der Waals surface area contributed by atoms with Crippen LogP contribution in [-0.4, -0.2) is 28.6 Å². The monoisotopic (exact) mass is 447 g/mol. The Bertz CT molecular complexity index is 1050. The van der Waals surface area contributed by atoms with E-state index >= 15 is 0 Å². The Morgan fingerprint density at radius 3 is 2.53 bits per heavy atom. The molecule has 0 saturated heterocycles. The van der Waals surface area contributed by atoms with Gasteiger partial charge in [-0.25, -0.2) is 0 Å². The molecule has 1 aromatic heterocycles. The Balaban J connectivity index is 1.50. The Hall–Kier alpha value is -2.90. The van der Waals surface area contributed by atoms with Crippen molar-refractivity contribution in [3.8, 4) is 11.4 Å². The van der Waals surface area contributed by atoms with Crippen LogP contribution >= 0.6 is 23.2 Å². The van der Waals surface area contributed by atoms with Crippen molar-refractivity contribution in [2.24, 2.45) is 0 Å². The SMILES string of the molecule is CC(C)c1ccc(-c2noc(COC(=O)CNC(=O)c3ccc(Cl)cc3Cl)n2)cc1. The molecule has 1 N–H and O–H groups in total. The van der Waals surface area contributed by atoms with Crippen molar-refractivity contribution in [3.63, 3.8) is 0 Å². The molecule has 30 heavy (non-hydrogen) atoms. The molecule has 7 nitrogen and oxygen atoms in total. The van der Waals surface area contributed by atoms with Gasteiger partial charge >= 0.3 is 5.97 Å². The van der Waals surface area contributed by atoms with E-state index < -0.39 is 11.9 Å². The molecule has 0 aliphatic rings. The van der Waals surface area contributed by atoms with Gasteiger partial charge in [-0.2, -0.15) is 4.98 Å². The van der Waals surface area contributed by atoms with E-state index in [0.717, 1.165) is 5.56 Å². The molecular formula is C21H19Cl2N3O4. The predicted octanol–water partition coefficient (Wildman–Crippen LogP) is 4.64. The van der Waals surface area contributed by atoms with Crippen molar-refractivity contribution in [2.45, 2.75) is 26.4 Å². The van der Waals surface area contributed by atoms with Crippen LogP contribution in [0, 0.1) is 0 Å². The van der Waals surface area contributed by atoms with Gasteiger partial charge in [-0.3, -0.25) is 9.59 Å². The highest BCUT2D eigenvalue weighted by Crippen LogP contribution is 2.21. The highest BCUT2D eigenvalue weighted by atomic mass is 35.5. The number of esters is 1. The first-order chi connectivity index (χ1) is 14.3. The number of hydrogen-bond donors (Lipinski definition) is 1. The normalized spacial score (nSPS) is 10.8. The zero-order valence-corrected chi connectivity index (χ0v) is 17.8. The van der Waals surface area contributed by atoms with E-state index in [1.807, 2.05) is 24.3 Å². The summed E-state index contributed by atoms with van der Waals surface area (Å²) < 4.78 is 10.2. The lowest BCUT2D eigenvalue weighted by atomic mass is 10.0. The van der Waals surface area contributed by atoms with Gasteiger partial charge in [0.15, 0.2) is 6.61 Å². The zero-order valence-electron chi connectivity index (χ0n) is 16.3. The number of amides is 1. The molecule has 0 fully saturated rings. The minimum atomic E-state index is -0.658. The van der Waals surface area contributed by atoms with Crippen LogP contribution in [0.2, 0.25) is 10.0 Å². The molecule has 0 aliphatic heterocycles. The van der Waals surface area contributed by atoms with Gasteiger partial charge < -0.3 is 14.6 Å². The van der Waals surface area contributed by atoms with Crippen molar-refractivity contribution in [1.82, 2.24) is 15.5 Å². The molecule has 0 saturated carbocycles.